The summed E-state index contributed by atoms with van der Waals surface area (Å²) in [7, 11) is 3.24. The third-order valence-electron chi connectivity index (χ3n) is 4.63. The van der Waals surface area contributed by atoms with Gasteiger partial charge in [-0.25, -0.2) is 0 Å². The molecule has 6 nitrogen and oxygen atoms in total. The van der Waals surface area contributed by atoms with Gasteiger partial charge in [-0.15, -0.1) is 0 Å². The Kier molecular flexibility index (Phi) is 6.06. The normalized spacial score (nSPS) is 15.1. The number of amides is 2. The second kappa shape index (κ2) is 8.04. The Morgan fingerprint density at radius 2 is 1.88 bits per heavy atom. The first-order valence-electron chi connectivity index (χ1n) is 8.21. The molecule has 1 fully saturated rings. The van der Waals surface area contributed by atoms with E-state index in [1.165, 1.54) is 0 Å². The lowest BCUT2D eigenvalue weighted by molar-refractivity contribution is -0.134. The molecule has 0 radical (unpaired) electrons. The summed E-state index contributed by atoms with van der Waals surface area (Å²) in [5.41, 5.74) is 1.84. The Labute approximate surface area is 143 Å². The molecule has 1 aromatic rings. The molecule has 0 atom stereocenters. The summed E-state index contributed by atoms with van der Waals surface area (Å²) in [4.78, 5) is 25.5. The van der Waals surface area contributed by atoms with Crippen molar-refractivity contribution in [3.05, 3.63) is 23.3 Å². The van der Waals surface area contributed by atoms with Crippen molar-refractivity contribution in [3.8, 4) is 11.5 Å². The minimum absolute atomic E-state index is 0.0359. The number of piperidine rings is 1. The van der Waals surface area contributed by atoms with Gasteiger partial charge in [0.25, 0.3) is 0 Å². The predicted molar refractivity (Wildman–Crippen MR) is 91.1 cm³/mol. The Bertz CT molecular complexity index is 607. The molecule has 1 aromatic carbocycles. The van der Waals surface area contributed by atoms with Crippen LogP contribution < -0.4 is 14.8 Å². The Hall–Kier alpha value is -2.24. The highest BCUT2D eigenvalue weighted by Gasteiger charge is 2.26. The number of nitrogens with one attached hydrogen (secondary N) is 1. The molecule has 1 heterocycles. The molecule has 1 aliphatic rings. The number of ether oxygens (including phenoxy) is 2. The topological polar surface area (TPSA) is 67.9 Å². The standard InChI is InChI=1S/C18H26N2O4/c1-12-16(23-3)6-5-15(17(12)24-4)11-19-18(22)14-7-9-20(10-8-14)13(2)21/h5-6,14H,7-11H2,1-4H3,(H,19,22). The lowest BCUT2D eigenvalue weighted by Gasteiger charge is -2.30. The summed E-state index contributed by atoms with van der Waals surface area (Å²) in [5, 5.41) is 2.99. The lowest BCUT2D eigenvalue weighted by Crippen LogP contribution is -2.42. The van der Waals surface area contributed by atoms with Crippen molar-refractivity contribution >= 4 is 11.8 Å². The molecule has 2 amide bonds. The molecule has 24 heavy (non-hydrogen) atoms. The van der Waals surface area contributed by atoms with E-state index >= 15 is 0 Å². The van der Waals surface area contributed by atoms with Crippen molar-refractivity contribution in [2.45, 2.75) is 33.2 Å². The van der Waals surface area contributed by atoms with Crippen molar-refractivity contribution in [1.29, 1.82) is 0 Å². The number of likely N-dealkylation sites (tertiary alicyclic amines) is 1. The summed E-state index contributed by atoms with van der Waals surface area (Å²) >= 11 is 0. The van der Waals surface area contributed by atoms with E-state index in [2.05, 4.69) is 5.32 Å². The molecule has 1 saturated heterocycles. The van der Waals surface area contributed by atoms with E-state index in [1.807, 2.05) is 19.1 Å². The average Bonchev–Trinajstić information content (AvgIpc) is 2.59. The highest BCUT2D eigenvalue weighted by molar-refractivity contribution is 5.79. The first kappa shape index (κ1) is 18.1. The van der Waals surface area contributed by atoms with Crippen LogP contribution >= 0.6 is 0 Å². The van der Waals surface area contributed by atoms with Crippen LogP contribution in [0.2, 0.25) is 0 Å². The number of methoxy groups -OCH3 is 2. The maximum Gasteiger partial charge on any atom is 0.223 e. The third kappa shape index (κ3) is 3.99. The monoisotopic (exact) mass is 334 g/mol. The maximum atomic E-state index is 12.4. The van der Waals surface area contributed by atoms with Crippen molar-refractivity contribution < 1.29 is 19.1 Å². The summed E-state index contributed by atoms with van der Waals surface area (Å²) in [6.45, 7) is 5.22. The molecule has 0 saturated carbocycles. The van der Waals surface area contributed by atoms with E-state index < -0.39 is 0 Å². The van der Waals surface area contributed by atoms with Crippen molar-refractivity contribution in [1.82, 2.24) is 10.2 Å². The largest absolute Gasteiger partial charge is 0.496 e. The fourth-order valence-electron chi connectivity index (χ4n) is 3.16. The lowest BCUT2D eigenvalue weighted by atomic mass is 9.95. The van der Waals surface area contributed by atoms with E-state index in [1.54, 1.807) is 26.0 Å². The van der Waals surface area contributed by atoms with Crippen LogP contribution in [0.4, 0.5) is 0 Å². The van der Waals surface area contributed by atoms with Crippen LogP contribution in [0.3, 0.4) is 0 Å². The number of carbonyl (C=O) groups is 2. The van der Waals surface area contributed by atoms with Crippen LogP contribution in [0.1, 0.15) is 30.9 Å². The smallest absolute Gasteiger partial charge is 0.223 e. The molecule has 132 valence electrons. The molecule has 0 bridgehead atoms. The van der Waals surface area contributed by atoms with E-state index in [0.29, 0.717) is 32.5 Å². The molecule has 0 spiro atoms. The fraction of sp³-hybridized carbons (Fsp3) is 0.556. The van der Waals surface area contributed by atoms with E-state index in [4.69, 9.17) is 9.47 Å². The molecular formula is C18H26N2O4. The van der Waals surface area contributed by atoms with Gasteiger partial charge in [-0.3, -0.25) is 9.59 Å². The number of hydrogen-bond donors (Lipinski definition) is 1. The first-order valence-corrected chi connectivity index (χ1v) is 8.21. The SMILES string of the molecule is COc1ccc(CNC(=O)C2CCN(C(C)=O)CC2)c(OC)c1C. The first-order chi connectivity index (χ1) is 11.5. The zero-order valence-corrected chi connectivity index (χ0v) is 14.8. The van der Waals surface area contributed by atoms with Gasteiger partial charge in [-0.1, -0.05) is 0 Å². The Morgan fingerprint density at radius 1 is 1.21 bits per heavy atom. The van der Waals surface area contributed by atoms with Gasteiger partial charge in [0.1, 0.15) is 11.5 Å². The summed E-state index contributed by atoms with van der Waals surface area (Å²) in [5.74, 6) is 1.58. The third-order valence-corrected chi connectivity index (χ3v) is 4.63. The number of benzene rings is 1. The average molecular weight is 334 g/mol. The highest BCUT2D eigenvalue weighted by atomic mass is 16.5. The zero-order valence-electron chi connectivity index (χ0n) is 14.8. The minimum atomic E-state index is -0.0362. The summed E-state index contributed by atoms with van der Waals surface area (Å²) in [6, 6.07) is 3.79. The summed E-state index contributed by atoms with van der Waals surface area (Å²) < 4.78 is 10.8. The van der Waals surface area contributed by atoms with Crippen LogP contribution in [-0.4, -0.2) is 44.0 Å². The van der Waals surface area contributed by atoms with Gasteiger partial charge in [0.05, 0.1) is 14.2 Å². The van der Waals surface area contributed by atoms with E-state index in [9.17, 15) is 9.59 Å². The van der Waals surface area contributed by atoms with Gasteiger partial charge in [0.2, 0.25) is 11.8 Å². The Morgan fingerprint density at radius 3 is 2.42 bits per heavy atom. The highest BCUT2D eigenvalue weighted by Crippen LogP contribution is 2.31. The van der Waals surface area contributed by atoms with Crippen LogP contribution in [0.25, 0.3) is 0 Å². The van der Waals surface area contributed by atoms with Crippen LogP contribution in [0.15, 0.2) is 12.1 Å². The molecule has 6 heteroatoms. The molecule has 0 aliphatic carbocycles. The van der Waals surface area contributed by atoms with Gasteiger partial charge < -0.3 is 19.7 Å². The second-order valence-electron chi connectivity index (χ2n) is 6.08. The Balaban J connectivity index is 1.95. The summed E-state index contributed by atoms with van der Waals surface area (Å²) in [6.07, 6.45) is 1.42. The second-order valence-corrected chi connectivity index (χ2v) is 6.08. The van der Waals surface area contributed by atoms with Gasteiger partial charge >= 0.3 is 0 Å². The molecular weight excluding hydrogens is 308 g/mol. The van der Waals surface area contributed by atoms with Crippen LogP contribution in [0.5, 0.6) is 11.5 Å². The fourth-order valence-corrected chi connectivity index (χ4v) is 3.16. The number of carbonyl (C=O) groups excluding carboxylic acids is 2. The van der Waals surface area contributed by atoms with E-state index in [0.717, 1.165) is 22.6 Å². The van der Waals surface area contributed by atoms with Crippen LogP contribution in [-0.2, 0) is 16.1 Å². The number of hydrogen-bond acceptors (Lipinski definition) is 4. The van der Waals surface area contributed by atoms with Gasteiger partial charge in [0.15, 0.2) is 0 Å². The predicted octanol–water partition coefficient (Wildman–Crippen LogP) is 1.89. The van der Waals surface area contributed by atoms with Crippen molar-refractivity contribution in [2.75, 3.05) is 27.3 Å². The van der Waals surface area contributed by atoms with Crippen molar-refractivity contribution in [2.24, 2.45) is 5.92 Å². The van der Waals surface area contributed by atoms with Gasteiger partial charge in [-0.2, -0.15) is 0 Å². The molecule has 0 unspecified atom stereocenters. The molecule has 0 aromatic heterocycles. The molecule has 1 N–H and O–H groups in total. The van der Waals surface area contributed by atoms with Gasteiger partial charge in [0, 0.05) is 43.6 Å². The number of nitrogens with zero attached hydrogens (tertiary/aromatic N) is 1. The quantitative estimate of drug-likeness (QED) is 0.893. The van der Waals surface area contributed by atoms with Crippen LogP contribution in [0, 0.1) is 12.8 Å². The molecule has 2 rings (SSSR count). The van der Waals surface area contributed by atoms with E-state index in [-0.39, 0.29) is 17.7 Å². The number of rotatable bonds is 5. The maximum absolute atomic E-state index is 12.4. The minimum Gasteiger partial charge on any atom is -0.496 e. The van der Waals surface area contributed by atoms with Crippen molar-refractivity contribution in [3.63, 3.8) is 0 Å². The molecule has 1 aliphatic heterocycles. The zero-order chi connectivity index (χ0) is 17.7. The van der Waals surface area contributed by atoms with Gasteiger partial charge in [-0.05, 0) is 31.9 Å².